The molecule has 0 fully saturated rings. The zero-order valence-electron chi connectivity index (χ0n) is 17.6. The van der Waals surface area contributed by atoms with Crippen molar-refractivity contribution in [2.45, 2.75) is 39.8 Å². The summed E-state index contributed by atoms with van der Waals surface area (Å²) in [5.74, 6) is 0.928. The van der Waals surface area contributed by atoms with Crippen molar-refractivity contribution in [3.63, 3.8) is 0 Å². The maximum atomic E-state index is 13.1. The second kappa shape index (κ2) is 11.1. The highest BCUT2D eigenvalue weighted by atomic mass is 16.5. The van der Waals surface area contributed by atoms with Crippen LogP contribution in [0.3, 0.4) is 0 Å². The van der Waals surface area contributed by atoms with Crippen LogP contribution in [0.2, 0.25) is 0 Å². The van der Waals surface area contributed by atoms with Gasteiger partial charge in [0.15, 0.2) is 6.61 Å². The smallest absolute Gasteiger partial charge is 0.261 e. The Bertz CT molecular complexity index is 822. The van der Waals surface area contributed by atoms with Crippen LogP contribution in [0, 0.1) is 6.92 Å². The molecule has 0 saturated carbocycles. The SMILES string of the molecule is CCNC(=O)[C@H](CC)N(Cc1cccc(OC)c1)C(=O)COc1cccc(C)c1. The molecule has 156 valence electrons. The average molecular weight is 399 g/mol. The minimum absolute atomic E-state index is 0.136. The van der Waals surface area contributed by atoms with Gasteiger partial charge in [-0.3, -0.25) is 9.59 Å². The number of ether oxygens (including phenoxy) is 2. The molecule has 1 N–H and O–H groups in total. The molecular formula is C23H30N2O4. The van der Waals surface area contributed by atoms with Gasteiger partial charge in [0.2, 0.25) is 5.91 Å². The van der Waals surface area contributed by atoms with Gasteiger partial charge in [0.1, 0.15) is 17.5 Å². The summed E-state index contributed by atoms with van der Waals surface area (Å²) in [5, 5.41) is 2.82. The molecule has 0 aliphatic rings. The highest BCUT2D eigenvalue weighted by molar-refractivity contribution is 5.88. The van der Waals surface area contributed by atoms with Gasteiger partial charge >= 0.3 is 0 Å². The molecule has 6 nitrogen and oxygen atoms in total. The zero-order valence-corrected chi connectivity index (χ0v) is 17.6. The van der Waals surface area contributed by atoms with Crippen molar-refractivity contribution >= 4 is 11.8 Å². The number of aryl methyl sites for hydroxylation is 1. The molecule has 2 rings (SSSR count). The third-order valence-electron chi connectivity index (χ3n) is 4.58. The molecule has 0 radical (unpaired) electrons. The van der Waals surface area contributed by atoms with Crippen LogP contribution in [0.5, 0.6) is 11.5 Å². The molecule has 6 heteroatoms. The van der Waals surface area contributed by atoms with Crippen molar-refractivity contribution < 1.29 is 19.1 Å². The number of carbonyl (C=O) groups excluding carboxylic acids is 2. The van der Waals surface area contributed by atoms with E-state index >= 15 is 0 Å². The summed E-state index contributed by atoms with van der Waals surface area (Å²) >= 11 is 0. The fraction of sp³-hybridized carbons (Fsp3) is 0.391. The lowest BCUT2D eigenvalue weighted by molar-refractivity contribution is -0.142. The first-order valence-electron chi connectivity index (χ1n) is 9.88. The topological polar surface area (TPSA) is 67.9 Å². The molecule has 0 saturated heterocycles. The second-order valence-corrected chi connectivity index (χ2v) is 6.80. The maximum Gasteiger partial charge on any atom is 0.261 e. The fourth-order valence-corrected chi connectivity index (χ4v) is 3.11. The van der Waals surface area contributed by atoms with E-state index in [4.69, 9.17) is 9.47 Å². The van der Waals surface area contributed by atoms with Gasteiger partial charge in [-0.2, -0.15) is 0 Å². The molecule has 2 amide bonds. The second-order valence-electron chi connectivity index (χ2n) is 6.80. The Hall–Kier alpha value is -3.02. The van der Waals surface area contributed by atoms with E-state index in [9.17, 15) is 9.59 Å². The summed E-state index contributed by atoms with van der Waals surface area (Å²) < 4.78 is 11.0. The number of benzene rings is 2. The summed E-state index contributed by atoms with van der Waals surface area (Å²) in [6, 6.07) is 14.5. The zero-order chi connectivity index (χ0) is 21.2. The maximum absolute atomic E-state index is 13.1. The molecule has 0 aromatic heterocycles. The minimum atomic E-state index is -0.574. The molecule has 0 aliphatic carbocycles. The molecule has 0 heterocycles. The molecule has 2 aromatic rings. The first-order chi connectivity index (χ1) is 14.0. The van der Waals surface area contributed by atoms with Gasteiger partial charge in [-0.15, -0.1) is 0 Å². The predicted molar refractivity (Wildman–Crippen MR) is 113 cm³/mol. The summed E-state index contributed by atoms with van der Waals surface area (Å²) in [6.45, 7) is 6.39. The molecule has 0 bridgehead atoms. The molecule has 1 atom stereocenters. The Labute approximate surface area is 172 Å². The van der Waals surface area contributed by atoms with Crippen molar-refractivity contribution in [2.24, 2.45) is 0 Å². The molecule has 0 unspecified atom stereocenters. The third-order valence-corrected chi connectivity index (χ3v) is 4.58. The summed E-state index contributed by atoms with van der Waals surface area (Å²) in [7, 11) is 1.60. The fourth-order valence-electron chi connectivity index (χ4n) is 3.11. The molecule has 2 aromatic carbocycles. The van der Waals surface area contributed by atoms with Crippen LogP contribution >= 0.6 is 0 Å². The Morgan fingerprint density at radius 2 is 1.79 bits per heavy atom. The lowest BCUT2D eigenvalue weighted by atomic mass is 10.1. The lowest BCUT2D eigenvalue weighted by Gasteiger charge is -2.30. The van der Waals surface area contributed by atoms with Gasteiger partial charge in [-0.05, 0) is 55.7 Å². The van der Waals surface area contributed by atoms with E-state index in [1.807, 2.05) is 69.3 Å². The van der Waals surface area contributed by atoms with Crippen LogP contribution in [-0.2, 0) is 16.1 Å². The number of rotatable bonds is 10. The van der Waals surface area contributed by atoms with Crippen LogP contribution in [0.15, 0.2) is 48.5 Å². The van der Waals surface area contributed by atoms with Gasteiger partial charge in [0.05, 0.1) is 7.11 Å². The van der Waals surface area contributed by atoms with E-state index in [0.29, 0.717) is 31.0 Å². The number of nitrogens with one attached hydrogen (secondary N) is 1. The van der Waals surface area contributed by atoms with E-state index in [1.54, 1.807) is 12.0 Å². The Kier molecular flexibility index (Phi) is 8.52. The van der Waals surface area contributed by atoms with Crippen molar-refractivity contribution in [1.82, 2.24) is 10.2 Å². The van der Waals surface area contributed by atoms with Crippen molar-refractivity contribution in [1.29, 1.82) is 0 Å². The van der Waals surface area contributed by atoms with E-state index in [2.05, 4.69) is 5.32 Å². The quantitative estimate of drug-likeness (QED) is 0.667. The first kappa shape index (κ1) is 22.3. The normalized spacial score (nSPS) is 11.4. The number of carbonyl (C=O) groups is 2. The van der Waals surface area contributed by atoms with Crippen molar-refractivity contribution in [2.75, 3.05) is 20.3 Å². The molecule has 0 spiro atoms. The number of amides is 2. The van der Waals surface area contributed by atoms with Crippen LogP contribution in [0.1, 0.15) is 31.4 Å². The van der Waals surface area contributed by atoms with E-state index in [-0.39, 0.29) is 18.4 Å². The van der Waals surface area contributed by atoms with Gasteiger partial charge < -0.3 is 19.7 Å². The van der Waals surface area contributed by atoms with E-state index in [0.717, 1.165) is 11.1 Å². The summed E-state index contributed by atoms with van der Waals surface area (Å²) in [5.41, 5.74) is 1.94. The number of hydrogen-bond acceptors (Lipinski definition) is 4. The van der Waals surface area contributed by atoms with Crippen LogP contribution in [0.25, 0.3) is 0 Å². The van der Waals surface area contributed by atoms with Crippen LogP contribution < -0.4 is 14.8 Å². The number of hydrogen-bond donors (Lipinski definition) is 1. The summed E-state index contributed by atoms with van der Waals surface area (Å²) in [6.07, 6.45) is 0.506. The average Bonchev–Trinajstić information content (AvgIpc) is 2.72. The Morgan fingerprint density at radius 1 is 1.07 bits per heavy atom. The molecular weight excluding hydrogens is 368 g/mol. The van der Waals surface area contributed by atoms with Crippen LogP contribution in [0.4, 0.5) is 0 Å². The van der Waals surface area contributed by atoms with E-state index < -0.39 is 6.04 Å². The Balaban J connectivity index is 2.21. The highest BCUT2D eigenvalue weighted by Gasteiger charge is 2.28. The monoisotopic (exact) mass is 398 g/mol. The molecule has 29 heavy (non-hydrogen) atoms. The lowest BCUT2D eigenvalue weighted by Crippen LogP contribution is -2.50. The highest BCUT2D eigenvalue weighted by Crippen LogP contribution is 2.18. The standard InChI is InChI=1S/C23H30N2O4/c1-5-21(23(27)24-6-2)25(15-18-10-8-11-19(14-18)28-4)22(26)16-29-20-12-7-9-17(3)13-20/h7-14,21H,5-6,15-16H2,1-4H3,(H,24,27)/t21-/m0/s1. The Morgan fingerprint density at radius 3 is 2.45 bits per heavy atom. The third kappa shape index (κ3) is 6.52. The molecule has 0 aliphatic heterocycles. The van der Waals surface area contributed by atoms with Gasteiger partial charge in [0, 0.05) is 13.1 Å². The van der Waals surface area contributed by atoms with E-state index in [1.165, 1.54) is 0 Å². The van der Waals surface area contributed by atoms with Gasteiger partial charge in [-0.25, -0.2) is 0 Å². The first-order valence-corrected chi connectivity index (χ1v) is 9.88. The predicted octanol–water partition coefficient (Wildman–Crippen LogP) is 3.33. The number of nitrogens with zero attached hydrogens (tertiary/aromatic N) is 1. The van der Waals surface area contributed by atoms with Crippen molar-refractivity contribution in [3.8, 4) is 11.5 Å². The summed E-state index contributed by atoms with van der Waals surface area (Å²) in [4.78, 5) is 27.2. The van der Waals surface area contributed by atoms with Gasteiger partial charge in [-0.1, -0.05) is 31.2 Å². The largest absolute Gasteiger partial charge is 0.497 e. The van der Waals surface area contributed by atoms with Gasteiger partial charge in [0.25, 0.3) is 5.91 Å². The number of methoxy groups -OCH3 is 1. The van der Waals surface area contributed by atoms with Crippen molar-refractivity contribution in [3.05, 3.63) is 59.7 Å². The van der Waals surface area contributed by atoms with Crippen LogP contribution in [-0.4, -0.2) is 43.0 Å². The minimum Gasteiger partial charge on any atom is -0.497 e. The number of likely N-dealkylation sites (N-methyl/N-ethyl adjacent to an activating group) is 1.